The summed E-state index contributed by atoms with van der Waals surface area (Å²) >= 11 is 0. The van der Waals surface area contributed by atoms with Gasteiger partial charge in [0.1, 0.15) is 6.04 Å². The molecule has 0 aliphatic carbocycles. The van der Waals surface area contributed by atoms with Crippen LogP contribution in [0.15, 0.2) is 30.3 Å². The van der Waals surface area contributed by atoms with Gasteiger partial charge in [0.25, 0.3) is 0 Å². The van der Waals surface area contributed by atoms with Gasteiger partial charge < -0.3 is 10.2 Å². The summed E-state index contributed by atoms with van der Waals surface area (Å²) in [5.41, 5.74) is 0.686. The van der Waals surface area contributed by atoms with Crippen LogP contribution < -0.4 is 5.32 Å². The number of rotatable bonds is 5. The summed E-state index contributed by atoms with van der Waals surface area (Å²) in [7, 11) is 0. The Kier molecular flexibility index (Phi) is 4.27. The Labute approximate surface area is 88.6 Å². The molecule has 0 saturated heterocycles. The maximum Gasteiger partial charge on any atom is 0.325 e. The molecule has 2 unspecified atom stereocenters. The van der Waals surface area contributed by atoms with E-state index in [2.05, 4.69) is 5.32 Å². The Morgan fingerprint density at radius 1 is 1.40 bits per heavy atom. The lowest BCUT2D eigenvalue weighted by Crippen LogP contribution is -2.33. The molecule has 0 fully saturated rings. The lowest BCUT2D eigenvalue weighted by atomic mass is 10.1. The van der Waals surface area contributed by atoms with Crippen molar-refractivity contribution in [3.05, 3.63) is 35.9 Å². The van der Waals surface area contributed by atoms with Gasteiger partial charge in [0, 0.05) is 6.54 Å². The van der Waals surface area contributed by atoms with Gasteiger partial charge in [0.15, 0.2) is 0 Å². The molecule has 4 nitrogen and oxygen atoms in total. The average Bonchev–Trinajstić information content (AvgIpc) is 2.18. The fourth-order valence-corrected chi connectivity index (χ4v) is 1.28. The van der Waals surface area contributed by atoms with Crippen molar-refractivity contribution in [3.8, 4) is 0 Å². The number of carboxylic acid groups (broad SMARTS) is 1. The quantitative estimate of drug-likeness (QED) is 0.670. The third-order valence-electron chi connectivity index (χ3n) is 2.00. The van der Waals surface area contributed by atoms with Gasteiger partial charge in [-0.15, -0.1) is 0 Å². The van der Waals surface area contributed by atoms with Gasteiger partial charge >= 0.3 is 5.97 Å². The first kappa shape index (κ1) is 11.7. The second-order valence-electron chi connectivity index (χ2n) is 3.44. The fourth-order valence-electron chi connectivity index (χ4n) is 1.28. The molecule has 0 saturated carbocycles. The highest BCUT2D eigenvalue weighted by Gasteiger charge is 2.18. The number of carboxylic acids is 1. The van der Waals surface area contributed by atoms with Crippen molar-refractivity contribution in [2.45, 2.75) is 19.1 Å². The molecule has 0 aromatic heterocycles. The molecule has 1 aromatic carbocycles. The van der Waals surface area contributed by atoms with Crippen molar-refractivity contribution in [1.29, 1.82) is 0 Å². The van der Waals surface area contributed by atoms with Crippen LogP contribution in [0.4, 0.5) is 0 Å². The molecule has 82 valence electrons. The Hall–Kier alpha value is -1.39. The van der Waals surface area contributed by atoms with Gasteiger partial charge in [-0.05, 0) is 12.5 Å². The fraction of sp³-hybridized carbons (Fsp3) is 0.364. The van der Waals surface area contributed by atoms with Crippen molar-refractivity contribution in [3.63, 3.8) is 0 Å². The van der Waals surface area contributed by atoms with Crippen LogP contribution in [0, 0.1) is 0 Å². The number of hydrogen-bond acceptors (Lipinski definition) is 3. The third kappa shape index (κ3) is 3.69. The topological polar surface area (TPSA) is 69.6 Å². The van der Waals surface area contributed by atoms with Crippen LogP contribution in [-0.4, -0.2) is 28.8 Å². The van der Waals surface area contributed by atoms with E-state index in [1.807, 2.05) is 6.07 Å². The zero-order valence-electron chi connectivity index (χ0n) is 8.55. The Bertz CT molecular complexity index is 311. The van der Waals surface area contributed by atoms with E-state index >= 15 is 0 Å². The summed E-state index contributed by atoms with van der Waals surface area (Å²) in [6.45, 7) is 1.86. The van der Waals surface area contributed by atoms with Crippen molar-refractivity contribution in [2.24, 2.45) is 0 Å². The van der Waals surface area contributed by atoms with Crippen molar-refractivity contribution in [2.75, 3.05) is 6.54 Å². The Morgan fingerprint density at radius 3 is 2.47 bits per heavy atom. The lowest BCUT2D eigenvalue weighted by molar-refractivity contribution is -0.139. The van der Waals surface area contributed by atoms with Crippen molar-refractivity contribution in [1.82, 2.24) is 5.32 Å². The molecule has 4 heteroatoms. The normalized spacial score (nSPS) is 14.5. The minimum atomic E-state index is -0.943. The Morgan fingerprint density at radius 2 is 2.00 bits per heavy atom. The molecule has 0 aliphatic heterocycles. The van der Waals surface area contributed by atoms with Gasteiger partial charge in [-0.2, -0.15) is 0 Å². The van der Waals surface area contributed by atoms with E-state index in [0.29, 0.717) is 5.56 Å². The van der Waals surface area contributed by atoms with Gasteiger partial charge in [-0.25, -0.2) is 0 Å². The number of aliphatic hydroxyl groups is 1. The lowest BCUT2D eigenvalue weighted by Gasteiger charge is -2.15. The molecule has 0 aliphatic rings. The first-order valence-corrected chi connectivity index (χ1v) is 4.80. The maximum atomic E-state index is 11.0. The number of nitrogens with one attached hydrogen (secondary N) is 1. The van der Waals surface area contributed by atoms with Gasteiger partial charge in [-0.1, -0.05) is 30.3 Å². The number of aliphatic hydroxyl groups excluding tert-OH is 1. The zero-order chi connectivity index (χ0) is 11.3. The molecule has 0 radical (unpaired) electrons. The second-order valence-corrected chi connectivity index (χ2v) is 3.44. The minimum Gasteiger partial charge on any atom is -0.480 e. The van der Waals surface area contributed by atoms with Crippen molar-refractivity contribution < 1.29 is 15.0 Å². The van der Waals surface area contributed by atoms with E-state index in [0.717, 1.165) is 0 Å². The first-order valence-electron chi connectivity index (χ1n) is 4.80. The van der Waals surface area contributed by atoms with Gasteiger partial charge in [0.05, 0.1) is 6.10 Å². The van der Waals surface area contributed by atoms with Crippen LogP contribution in [0.2, 0.25) is 0 Å². The summed E-state index contributed by atoms with van der Waals surface area (Å²) in [6.07, 6.45) is -0.560. The molecule has 1 rings (SSSR count). The number of aliphatic carboxylic acids is 1. The van der Waals surface area contributed by atoms with E-state index in [-0.39, 0.29) is 6.54 Å². The van der Waals surface area contributed by atoms with E-state index in [4.69, 9.17) is 10.2 Å². The highest BCUT2D eigenvalue weighted by atomic mass is 16.4. The SMILES string of the molecule is CC(O)CNC(C(=O)O)c1ccccc1. The number of benzene rings is 1. The average molecular weight is 209 g/mol. The summed E-state index contributed by atoms with van der Waals surface area (Å²) < 4.78 is 0. The molecular weight excluding hydrogens is 194 g/mol. The largest absolute Gasteiger partial charge is 0.480 e. The standard InChI is InChI=1S/C11H15NO3/c1-8(13)7-12-10(11(14)15)9-5-3-2-4-6-9/h2-6,8,10,12-13H,7H2,1H3,(H,14,15). The molecule has 3 N–H and O–H groups in total. The molecule has 0 bridgehead atoms. The molecule has 2 atom stereocenters. The molecule has 0 spiro atoms. The van der Waals surface area contributed by atoms with E-state index in [9.17, 15) is 4.79 Å². The summed E-state index contributed by atoms with van der Waals surface area (Å²) in [6, 6.07) is 8.13. The third-order valence-corrected chi connectivity index (χ3v) is 2.00. The smallest absolute Gasteiger partial charge is 0.325 e. The van der Waals surface area contributed by atoms with Crippen LogP contribution in [0.25, 0.3) is 0 Å². The Balaban J connectivity index is 2.71. The van der Waals surface area contributed by atoms with Crippen LogP contribution in [0.1, 0.15) is 18.5 Å². The highest BCUT2D eigenvalue weighted by Crippen LogP contribution is 2.12. The van der Waals surface area contributed by atoms with Crippen LogP contribution in [-0.2, 0) is 4.79 Å². The molecule has 0 heterocycles. The first-order chi connectivity index (χ1) is 7.11. The predicted octanol–water partition coefficient (Wildman–Crippen LogP) is 0.783. The van der Waals surface area contributed by atoms with Crippen LogP contribution in [0.3, 0.4) is 0 Å². The molecular formula is C11H15NO3. The second kappa shape index (κ2) is 5.48. The summed E-state index contributed by atoms with van der Waals surface area (Å²) in [5, 5.41) is 20.9. The van der Waals surface area contributed by atoms with Gasteiger partial charge in [-0.3, -0.25) is 10.1 Å². The van der Waals surface area contributed by atoms with Crippen LogP contribution in [0.5, 0.6) is 0 Å². The summed E-state index contributed by atoms with van der Waals surface area (Å²) in [4.78, 5) is 11.0. The highest BCUT2D eigenvalue weighted by molar-refractivity contribution is 5.75. The molecule has 0 amide bonds. The number of hydrogen-bond donors (Lipinski definition) is 3. The zero-order valence-corrected chi connectivity index (χ0v) is 8.55. The van der Waals surface area contributed by atoms with E-state index in [1.165, 1.54) is 0 Å². The predicted molar refractivity (Wildman–Crippen MR) is 56.5 cm³/mol. The monoisotopic (exact) mass is 209 g/mol. The van der Waals surface area contributed by atoms with Crippen molar-refractivity contribution >= 4 is 5.97 Å². The number of carbonyl (C=O) groups is 1. The van der Waals surface area contributed by atoms with E-state index < -0.39 is 18.1 Å². The molecule has 1 aromatic rings. The van der Waals surface area contributed by atoms with E-state index in [1.54, 1.807) is 31.2 Å². The summed E-state index contributed by atoms with van der Waals surface area (Å²) in [5.74, 6) is -0.943. The maximum absolute atomic E-state index is 11.0. The van der Waals surface area contributed by atoms with Gasteiger partial charge in [0.2, 0.25) is 0 Å². The minimum absolute atomic E-state index is 0.256. The molecule has 15 heavy (non-hydrogen) atoms. The van der Waals surface area contributed by atoms with Crippen LogP contribution >= 0.6 is 0 Å².